The van der Waals surface area contributed by atoms with Gasteiger partial charge >= 0.3 is 5.97 Å². The van der Waals surface area contributed by atoms with Crippen LogP contribution in [-0.2, 0) is 7.05 Å². The van der Waals surface area contributed by atoms with E-state index in [0.29, 0.717) is 21.0 Å². The number of nitrogens with one attached hydrogen (secondary N) is 1. The highest BCUT2D eigenvalue weighted by Crippen LogP contribution is 2.27. The van der Waals surface area contributed by atoms with Crippen molar-refractivity contribution in [3.05, 3.63) is 42.0 Å². The minimum atomic E-state index is -0.996. The molecule has 0 bridgehead atoms. The molecule has 2 aromatic heterocycles. The van der Waals surface area contributed by atoms with Crippen molar-refractivity contribution in [3.63, 3.8) is 0 Å². The van der Waals surface area contributed by atoms with Gasteiger partial charge in [-0.3, -0.25) is 10.1 Å². The summed E-state index contributed by atoms with van der Waals surface area (Å²) in [6.07, 6.45) is 3.14. The Bertz CT molecular complexity index is 852. The predicted octanol–water partition coefficient (Wildman–Crippen LogP) is 1.98. The molecule has 0 aliphatic heterocycles. The lowest BCUT2D eigenvalue weighted by molar-refractivity contribution is 0.0697. The number of carboxylic acids is 1. The molecule has 0 saturated carbocycles. The maximum Gasteiger partial charge on any atom is 0.335 e. The van der Waals surface area contributed by atoms with Crippen molar-refractivity contribution in [1.82, 2.24) is 14.5 Å². The molecule has 1 amide bonds. The summed E-state index contributed by atoms with van der Waals surface area (Å²) < 4.78 is 2.37. The van der Waals surface area contributed by atoms with Crippen LogP contribution in [0.4, 0.5) is 5.13 Å². The SMILES string of the molecule is Cn1cnc(C(=O)Nc2nc3ccc(C(=O)O)cc3s2)c1. The summed E-state index contributed by atoms with van der Waals surface area (Å²) in [4.78, 5) is 31.1. The van der Waals surface area contributed by atoms with Gasteiger partial charge in [-0.2, -0.15) is 0 Å². The number of nitrogens with zero attached hydrogens (tertiary/aromatic N) is 3. The number of amides is 1. The van der Waals surface area contributed by atoms with E-state index in [-0.39, 0.29) is 11.5 Å². The summed E-state index contributed by atoms with van der Waals surface area (Å²) in [6, 6.07) is 4.63. The second-order valence-electron chi connectivity index (χ2n) is 4.39. The van der Waals surface area contributed by atoms with Gasteiger partial charge in [-0.15, -0.1) is 0 Å². The van der Waals surface area contributed by atoms with Crippen LogP contribution in [-0.4, -0.2) is 31.5 Å². The molecule has 0 spiro atoms. The Kier molecular flexibility index (Phi) is 3.15. The number of carboxylic acid groups (broad SMARTS) is 1. The highest BCUT2D eigenvalue weighted by molar-refractivity contribution is 7.22. The van der Waals surface area contributed by atoms with E-state index >= 15 is 0 Å². The maximum atomic E-state index is 12.0. The number of carbonyl (C=O) groups excluding carboxylic acids is 1. The quantitative estimate of drug-likeness (QED) is 0.771. The average molecular weight is 302 g/mol. The fourth-order valence-electron chi connectivity index (χ4n) is 1.80. The van der Waals surface area contributed by atoms with E-state index in [4.69, 9.17) is 5.11 Å². The number of fused-ring (bicyclic) bond motifs is 1. The van der Waals surface area contributed by atoms with Crippen LogP contribution in [0.15, 0.2) is 30.7 Å². The molecule has 2 N–H and O–H groups in total. The second kappa shape index (κ2) is 4.98. The van der Waals surface area contributed by atoms with Gasteiger partial charge in [0.05, 0.1) is 22.1 Å². The van der Waals surface area contributed by atoms with Gasteiger partial charge in [0.2, 0.25) is 0 Å². The van der Waals surface area contributed by atoms with E-state index in [1.807, 2.05) is 0 Å². The molecule has 7 nitrogen and oxygen atoms in total. The summed E-state index contributed by atoms with van der Waals surface area (Å²) in [5.74, 6) is -1.35. The zero-order valence-corrected chi connectivity index (χ0v) is 11.7. The lowest BCUT2D eigenvalue weighted by atomic mass is 10.2. The molecule has 0 atom stereocenters. The average Bonchev–Trinajstić information content (AvgIpc) is 3.03. The molecule has 0 aliphatic carbocycles. The minimum absolute atomic E-state index is 0.189. The number of aryl methyl sites for hydroxylation is 1. The van der Waals surface area contributed by atoms with Crippen LogP contribution in [0.25, 0.3) is 10.2 Å². The molecule has 0 fully saturated rings. The summed E-state index contributed by atoms with van der Waals surface area (Å²) in [5.41, 5.74) is 1.12. The van der Waals surface area contributed by atoms with E-state index < -0.39 is 5.97 Å². The van der Waals surface area contributed by atoms with Gasteiger partial charge in [0.25, 0.3) is 5.91 Å². The molecule has 8 heteroatoms. The lowest BCUT2D eigenvalue weighted by Crippen LogP contribution is -2.11. The molecular formula is C13H10N4O3S. The highest BCUT2D eigenvalue weighted by Gasteiger charge is 2.13. The second-order valence-corrected chi connectivity index (χ2v) is 5.42. The number of hydrogen-bond acceptors (Lipinski definition) is 5. The molecular weight excluding hydrogens is 292 g/mol. The number of hydrogen-bond donors (Lipinski definition) is 2. The largest absolute Gasteiger partial charge is 0.478 e. The van der Waals surface area contributed by atoms with Gasteiger partial charge in [-0.25, -0.2) is 14.8 Å². The zero-order valence-electron chi connectivity index (χ0n) is 10.9. The van der Waals surface area contributed by atoms with Gasteiger partial charge in [-0.05, 0) is 18.2 Å². The van der Waals surface area contributed by atoms with E-state index in [1.165, 1.54) is 29.8 Å². The third-order valence-corrected chi connectivity index (χ3v) is 3.73. The first-order valence-corrected chi connectivity index (χ1v) is 6.78. The van der Waals surface area contributed by atoms with Gasteiger partial charge in [0, 0.05) is 13.2 Å². The monoisotopic (exact) mass is 302 g/mol. The zero-order chi connectivity index (χ0) is 15.0. The number of benzene rings is 1. The Morgan fingerprint density at radius 2 is 2.19 bits per heavy atom. The number of carbonyl (C=O) groups is 2. The Balaban J connectivity index is 1.87. The number of rotatable bonds is 3. The van der Waals surface area contributed by atoms with E-state index in [1.54, 1.807) is 23.9 Å². The first-order valence-electron chi connectivity index (χ1n) is 5.96. The van der Waals surface area contributed by atoms with Gasteiger partial charge in [0.15, 0.2) is 5.13 Å². The Hall–Kier alpha value is -2.74. The number of thiazole rings is 1. The fourth-order valence-corrected chi connectivity index (χ4v) is 2.70. The third kappa shape index (κ3) is 2.61. The predicted molar refractivity (Wildman–Crippen MR) is 77.7 cm³/mol. The van der Waals surface area contributed by atoms with Crippen LogP contribution in [0.5, 0.6) is 0 Å². The van der Waals surface area contributed by atoms with Crippen molar-refractivity contribution in [2.45, 2.75) is 0 Å². The molecule has 3 rings (SSSR count). The minimum Gasteiger partial charge on any atom is -0.478 e. The van der Waals surface area contributed by atoms with Crippen LogP contribution in [0.2, 0.25) is 0 Å². The van der Waals surface area contributed by atoms with Crippen LogP contribution in [0, 0.1) is 0 Å². The van der Waals surface area contributed by atoms with Crippen LogP contribution >= 0.6 is 11.3 Å². The van der Waals surface area contributed by atoms with Crippen molar-refractivity contribution in [3.8, 4) is 0 Å². The molecule has 2 heterocycles. The molecule has 1 aromatic carbocycles. The number of aromatic carboxylic acids is 1. The molecule has 106 valence electrons. The molecule has 21 heavy (non-hydrogen) atoms. The van der Waals surface area contributed by atoms with Crippen molar-refractivity contribution in [1.29, 1.82) is 0 Å². The molecule has 3 aromatic rings. The van der Waals surface area contributed by atoms with Gasteiger partial charge < -0.3 is 9.67 Å². The Labute approximate surface area is 122 Å². The van der Waals surface area contributed by atoms with Crippen molar-refractivity contribution >= 4 is 38.6 Å². The van der Waals surface area contributed by atoms with Crippen LogP contribution < -0.4 is 5.32 Å². The third-order valence-electron chi connectivity index (χ3n) is 2.79. The van der Waals surface area contributed by atoms with Crippen molar-refractivity contribution in [2.75, 3.05) is 5.32 Å². The first-order chi connectivity index (χ1) is 10.0. The van der Waals surface area contributed by atoms with E-state index in [0.717, 1.165) is 0 Å². The molecule has 0 aliphatic rings. The molecule has 0 radical (unpaired) electrons. The van der Waals surface area contributed by atoms with Gasteiger partial charge in [-0.1, -0.05) is 11.3 Å². The maximum absolute atomic E-state index is 12.0. The number of imidazole rings is 1. The summed E-state index contributed by atoms with van der Waals surface area (Å²) >= 11 is 1.22. The van der Waals surface area contributed by atoms with Crippen LogP contribution in [0.1, 0.15) is 20.8 Å². The Morgan fingerprint density at radius 1 is 1.38 bits per heavy atom. The lowest BCUT2D eigenvalue weighted by Gasteiger charge is -1.96. The molecule has 0 saturated heterocycles. The summed E-state index contributed by atoms with van der Waals surface area (Å²) in [5, 5.41) is 12.0. The Morgan fingerprint density at radius 3 is 2.86 bits per heavy atom. The fraction of sp³-hybridized carbons (Fsp3) is 0.0769. The summed E-state index contributed by atoms with van der Waals surface area (Å²) in [7, 11) is 1.77. The van der Waals surface area contributed by atoms with E-state index in [9.17, 15) is 9.59 Å². The van der Waals surface area contributed by atoms with Crippen molar-refractivity contribution < 1.29 is 14.7 Å². The number of anilines is 1. The summed E-state index contributed by atoms with van der Waals surface area (Å²) in [6.45, 7) is 0. The smallest absolute Gasteiger partial charge is 0.335 e. The topological polar surface area (TPSA) is 97.1 Å². The molecule has 0 unspecified atom stereocenters. The van der Waals surface area contributed by atoms with E-state index in [2.05, 4.69) is 15.3 Å². The number of aromatic nitrogens is 3. The standard InChI is InChI=1S/C13H10N4O3S/c1-17-5-9(14-6-17)11(18)16-13-15-8-3-2-7(12(19)20)4-10(8)21-13/h2-6H,1H3,(H,19,20)(H,15,16,18). The normalized spacial score (nSPS) is 10.7. The van der Waals surface area contributed by atoms with Gasteiger partial charge in [0.1, 0.15) is 5.69 Å². The first kappa shape index (κ1) is 13.3. The van der Waals surface area contributed by atoms with Crippen molar-refractivity contribution in [2.24, 2.45) is 7.05 Å². The highest BCUT2D eigenvalue weighted by atomic mass is 32.1. The van der Waals surface area contributed by atoms with Crippen LogP contribution in [0.3, 0.4) is 0 Å².